The smallest absolute Gasteiger partial charge is 0.444 e. The zero-order chi connectivity index (χ0) is 19.3. The van der Waals surface area contributed by atoms with E-state index in [1.165, 1.54) is 0 Å². The topological polar surface area (TPSA) is 60.9 Å². The Bertz CT molecular complexity index is 667. The fourth-order valence-electron chi connectivity index (χ4n) is 3.09. The Balaban J connectivity index is 1.74. The quantitative estimate of drug-likeness (QED) is 0.735. The molecule has 0 saturated carbocycles. The summed E-state index contributed by atoms with van der Waals surface area (Å²) in [5.74, 6) is 0. The Kier molecular flexibility index (Phi) is 4.91. The Labute approximate surface area is 160 Å². The maximum atomic E-state index is 12.5. The maximum Gasteiger partial charge on any atom is 0.507 e. The molecule has 2 aliphatic heterocycles. The SMILES string of the molecule is CC(C)(C)OC(=O)N1CCCC1c1ncc(B2OC(C)(C)C(C)(C)O2)s1. The van der Waals surface area contributed by atoms with Gasteiger partial charge in [0, 0.05) is 12.7 Å². The van der Waals surface area contributed by atoms with Gasteiger partial charge in [-0.1, -0.05) is 0 Å². The van der Waals surface area contributed by atoms with Crippen molar-refractivity contribution in [2.75, 3.05) is 6.54 Å². The molecule has 3 rings (SSSR count). The minimum Gasteiger partial charge on any atom is -0.444 e. The summed E-state index contributed by atoms with van der Waals surface area (Å²) in [7, 11) is -0.414. The van der Waals surface area contributed by atoms with Gasteiger partial charge in [0.05, 0.1) is 22.0 Å². The highest BCUT2D eigenvalue weighted by molar-refractivity contribution is 7.22. The number of rotatable bonds is 2. The molecule has 1 aromatic rings. The lowest BCUT2D eigenvalue weighted by molar-refractivity contribution is 0.00578. The third-order valence-electron chi connectivity index (χ3n) is 5.19. The van der Waals surface area contributed by atoms with Crippen molar-refractivity contribution in [2.45, 2.75) is 84.2 Å². The second-order valence-corrected chi connectivity index (χ2v) is 10.1. The number of aromatic nitrogens is 1. The molecular weight excluding hydrogens is 351 g/mol. The number of likely N-dealkylation sites (tertiary alicyclic amines) is 1. The van der Waals surface area contributed by atoms with Crippen LogP contribution in [0.5, 0.6) is 0 Å². The molecule has 144 valence electrons. The summed E-state index contributed by atoms with van der Waals surface area (Å²) in [5, 5.41) is 0.915. The van der Waals surface area contributed by atoms with Crippen LogP contribution in [0.15, 0.2) is 6.20 Å². The molecule has 0 N–H and O–H groups in total. The molecule has 2 aliphatic rings. The Hall–Kier alpha value is -1.12. The van der Waals surface area contributed by atoms with Crippen LogP contribution >= 0.6 is 11.3 Å². The zero-order valence-electron chi connectivity index (χ0n) is 16.8. The monoisotopic (exact) mass is 380 g/mol. The summed E-state index contributed by atoms with van der Waals surface area (Å²) in [4.78, 5) is 18.9. The van der Waals surface area contributed by atoms with Crippen molar-refractivity contribution in [2.24, 2.45) is 0 Å². The van der Waals surface area contributed by atoms with Crippen molar-refractivity contribution >= 4 is 29.3 Å². The fourth-order valence-corrected chi connectivity index (χ4v) is 4.11. The predicted octanol–water partition coefficient (Wildman–Crippen LogP) is 3.51. The van der Waals surface area contributed by atoms with E-state index in [0.29, 0.717) is 6.54 Å². The summed E-state index contributed by atoms with van der Waals surface area (Å²) in [6.07, 6.45) is 3.39. The highest BCUT2D eigenvalue weighted by Gasteiger charge is 2.52. The van der Waals surface area contributed by atoms with Crippen molar-refractivity contribution in [1.29, 1.82) is 0 Å². The van der Waals surface area contributed by atoms with Crippen LogP contribution in [0.3, 0.4) is 0 Å². The average molecular weight is 380 g/mol. The van der Waals surface area contributed by atoms with Crippen molar-refractivity contribution in [3.63, 3.8) is 0 Å². The normalized spacial score (nSPS) is 25.0. The molecule has 0 spiro atoms. The second-order valence-electron chi connectivity index (χ2n) is 9.02. The van der Waals surface area contributed by atoms with Gasteiger partial charge in [-0.25, -0.2) is 9.78 Å². The number of ether oxygens (including phenoxy) is 1. The first-order chi connectivity index (χ1) is 11.9. The summed E-state index contributed by atoms with van der Waals surface area (Å²) in [6.45, 7) is 14.5. The van der Waals surface area contributed by atoms with Crippen molar-refractivity contribution in [1.82, 2.24) is 9.88 Å². The molecule has 6 nitrogen and oxygen atoms in total. The van der Waals surface area contributed by atoms with Crippen LogP contribution in [0.2, 0.25) is 0 Å². The van der Waals surface area contributed by atoms with Gasteiger partial charge in [0.25, 0.3) is 0 Å². The molecule has 0 aromatic carbocycles. The lowest BCUT2D eigenvalue weighted by Gasteiger charge is -2.32. The highest BCUT2D eigenvalue weighted by Crippen LogP contribution is 2.38. The summed E-state index contributed by atoms with van der Waals surface area (Å²) in [5.41, 5.74) is -1.25. The van der Waals surface area contributed by atoms with Crippen LogP contribution in [0.1, 0.15) is 72.4 Å². The van der Waals surface area contributed by atoms with Crippen molar-refractivity contribution < 1.29 is 18.8 Å². The highest BCUT2D eigenvalue weighted by atomic mass is 32.1. The van der Waals surface area contributed by atoms with Crippen LogP contribution in [0, 0.1) is 0 Å². The van der Waals surface area contributed by atoms with E-state index in [-0.39, 0.29) is 23.3 Å². The molecule has 1 atom stereocenters. The van der Waals surface area contributed by atoms with Crippen LogP contribution in [0.4, 0.5) is 4.79 Å². The Morgan fingerprint density at radius 2 is 1.92 bits per heavy atom. The minimum absolute atomic E-state index is 0.0361. The van der Waals surface area contributed by atoms with E-state index in [1.54, 1.807) is 16.2 Å². The Morgan fingerprint density at radius 1 is 1.31 bits per heavy atom. The number of carbonyl (C=O) groups is 1. The van der Waals surface area contributed by atoms with Gasteiger partial charge >= 0.3 is 13.2 Å². The zero-order valence-corrected chi connectivity index (χ0v) is 17.6. The maximum absolute atomic E-state index is 12.5. The van der Waals surface area contributed by atoms with Gasteiger partial charge in [0.15, 0.2) is 0 Å². The first-order valence-corrected chi connectivity index (χ1v) is 10.0. The van der Waals surface area contributed by atoms with Crippen molar-refractivity contribution in [3.05, 3.63) is 11.2 Å². The van der Waals surface area contributed by atoms with Gasteiger partial charge in [0.1, 0.15) is 10.6 Å². The number of hydrogen-bond donors (Lipinski definition) is 0. The molecule has 2 fully saturated rings. The number of nitrogens with zero attached hydrogens (tertiary/aromatic N) is 2. The Morgan fingerprint density at radius 3 is 2.50 bits per heavy atom. The third kappa shape index (κ3) is 3.77. The van der Waals surface area contributed by atoms with Gasteiger partial charge in [-0.05, 0) is 61.3 Å². The molecule has 26 heavy (non-hydrogen) atoms. The van der Waals surface area contributed by atoms with E-state index in [2.05, 4.69) is 4.98 Å². The summed E-state index contributed by atoms with van der Waals surface area (Å²) >= 11 is 1.56. The summed E-state index contributed by atoms with van der Waals surface area (Å²) < 4.78 is 18.7. The molecule has 1 aromatic heterocycles. The lowest BCUT2D eigenvalue weighted by Crippen LogP contribution is -2.41. The summed E-state index contributed by atoms with van der Waals surface area (Å²) in [6, 6.07) is -0.0361. The lowest BCUT2D eigenvalue weighted by atomic mass is 9.89. The van der Waals surface area contributed by atoms with Gasteiger partial charge in [-0.3, -0.25) is 4.90 Å². The van der Waals surface area contributed by atoms with E-state index in [4.69, 9.17) is 14.0 Å². The minimum atomic E-state index is -0.499. The van der Waals surface area contributed by atoms with Gasteiger partial charge < -0.3 is 14.0 Å². The third-order valence-corrected chi connectivity index (χ3v) is 6.31. The van der Waals surface area contributed by atoms with Gasteiger partial charge in [-0.15, -0.1) is 11.3 Å². The molecule has 0 radical (unpaired) electrons. The van der Waals surface area contributed by atoms with Gasteiger partial charge in [0.2, 0.25) is 0 Å². The molecule has 3 heterocycles. The number of hydrogen-bond acceptors (Lipinski definition) is 6. The molecular formula is C18H29BN2O4S. The number of thiazole rings is 1. The number of carbonyl (C=O) groups excluding carboxylic acids is 1. The predicted molar refractivity (Wildman–Crippen MR) is 103 cm³/mol. The largest absolute Gasteiger partial charge is 0.507 e. The second kappa shape index (κ2) is 6.50. The van der Waals surface area contributed by atoms with Crippen LogP contribution in [-0.4, -0.2) is 46.4 Å². The molecule has 1 amide bonds. The standard InChI is InChI=1S/C18H29BN2O4S/c1-16(2,3)23-15(22)21-10-8-9-12(21)14-20-11-13(26-14)19-24-17(4,5)18(6,7)25-19/h11-12H,8-10H2,1-7H3. The first kappa shape index (κ1) is 19.6. The first-order valence-electron chi connectivity index (χ1n) is 9.20. The van der Waals surface area contributed by atoms with E-state index >= 15 is 0 Å². The fraction of sp³-hybridized carbons (Fsp3) is 0.778. The molecule has 0 aliphatic carbocycles. The van der Waals surface area contributed by atoms with Crippen LogP contribution in [-0.2, 0) is 14.0 Å². The molecule has 2 saturated heterocycles. The molecule has 1 unspecified atom stereocenters. The molecule has 0 bridgehead atoms. The van der Waals surface area contributed by atoms with E-state index in [0.717, 1.165) is 22.6 Å². The number of amides is 1. The van der Waals surface area contributed by atoms with Crippen molar-refractivity contribution in [3.8, 4) is 0 Å². The van der Waals surface area contributed by atoms with E-state index < -0.39 is 12.7 Å². The average Bonchev–Trinajstić information content (AvgIpc) is 3.16. The van der Waals surface area contributed by atoms with Gasteiger partial charge in [-0.2, -0.15) is 0 Å². The van der Waals surface area contributed by atoms with E-state index in [1.807, 2.05) is 54.7 Å². The van der Waals surface area contributed by atoms with E-state index in [9.17, 15) is 4.79 Å². The van der Waals surface area contributed by atoms with Crippen LogP contribution < -0.4 is 4.78 Å². The molecule has 8 heteroatoms. The van der Waals surface area contributed by atoms with Crippen LogP contribution in [0.25, 0.3) is 0 Å².